The molecular formula is C11H20N2O5S. The van der Waals surface area contributed by atoms with Crippen molar-refractivity contribution in [1.29, 1.82) is 0 Å². The predicted molar refractivity (Wildman–Crippen MR) is 69.3 cm³/mol. The highest BCUT2D eigenvalue weighted by Crippen LogP contribution is 2.27. The minimum Gasteiger partial charge on any atom is -0.481 e. The van der Waals surface area contributed by atoms with Crippen molar-refractivity contribution in [2.24, 2.45) is 5.73 Å². The van der Waals surface area contributed by atoms with Gasteiger partial charge in [-0.1, -0.05) is 0 Å². The van der Waals surface area contributed by atoms with E-state index in [9.17, 15) is 18.0 Å². The highest BCUT2D eigenvalue weighted by atomic mass is 32.2. The zero-order valence-corrected chi connectivity index (χ0v) is 11.7. The van der Waals surface area contributed by atoms with Crippen molar-refractivity contribution in [3.63, 3.8) is 0 Å². The van der Waals surface area contributed by atoms with Gasteiger partial charge in [-0.25, -0.2) is 8.42 Å². The molecular weight excluding hydrogens is 272 g/mol. The summed E-state index contributed by atoms with van der Waals surface area (Å²) in [6.07, 6.45) is 2.73. The molecule has 0 aliphatic heterocycles. The van der Waals surface area contributed by atoms with Crippen LogP contribution < -0.4 is 5.73 Å². The maximum atomic E-state index is 12.1. The van der Waals surface area contributed by atoms with E-state index in [-0.39, 0.29) is 37.1 Å². The largest absolute Gasteiger partial charge is 0.481 e. The first-order chi connectivity index (χ1) is 8.70. The van der Waals surface area contributed by atoms with Crippen molar-refractivity contribution in [3.8, 4) is 0 Å². The van der Waals surface area contributed by atoms with Crippen LogP contribution in [0.2, 0.25) is 0 Å². The number of carbonyl (C=O) groups excluding carboxylic acids is 1. The second-order valence-electron chi connectivity index (χ2n) is 4.93. The first-order valence-corrected chi connectivity index (χ1v) is 8.22. The average molecular weight is 292 g/mol. The number of nitrogens with two attached hydrogens (primary N) is 1. The van der Waals surface area contributed by atoms with Gasteiger partial charge >= 0.3 is 5.97 Å². The fourth-order valence-corrected chi connectivity index (χ4v) is 2.43. The standard InChI is InChI=1S/C11H20N2O5S/c1-19(17,18)7-5-9(12)11(16)13(8-2-3-8)6-4-10(14)15/h8-9H,2-7,12H2,1H3,(H,14,15). The van der Waals surface area contributed by atoms with Gasteiger partial charge in [-0.05, 0) is 19.3 Å². The van der Waals surface area contributed by atoms with Gasteiger partial charge in [-0.15, -0.1) is 0 Å². The van der Waals surface area contributed by atoms with Gasteiger partial charge in [0, 0.05) is 18.8 Å². The van der Waals surface area contributed by atoms with Crippen LogP contribution in [-0.4, -0.2) is 60.9 Å². The SMILES string of the molecule is CS(=O)(=O)CCC(N)C(=O)N(CCC(=O)O)C1CC1. The molecule has 0 bridgehead atoms. The molecule has 19 heavy (non-hydrogen) atoms. The molecule has 8 heteroatoms. The number of sulfone groups is 1. The van der Waals surface area contributed by atoms with Crippen molar-refractivity contribution >= 4 is 21.7 Å². The monoisotopic (exact) mass is 292 g/mol. The molecule has 1 unspecified atom stereocenters. The number of rotatable bonds is 8. The molecule has 1 fully saturated rings. The molecule has 0 aromatic carbocycles. The Bertz CT molecular complexity index is 444. The Kier molecular flexibility index (Phi) is 5.30. The number of hydrogen-bond acceptors (Lipinski definition) is 5. The second kappa shape index (κ2) is 6.33. The van der Waals surface area contributed by atoms with Crippen LogP contribution >= 0.6 is 0 Å². The van der Waals surface area contributed by atoms with E-state index >= 15 is 0 Å². The summed E-state index contributed by atoms with van der Waals surface area (Å²) >= 11 is 0. The van der Waals surface area contributed by atoms with Crippen LogP contribution in [-0.2, 0) is 19.4 Å². The van der Waals surface area contributed by atoms with Crippen molar-refractivity contribution in [2.75, 3.05) is 18.6 Å². The molecule has 0 aromatic rings. The van der Waals surface area contributed by atoms with Crippen LogP contribution in [0.4, 0.5) is 0 Å². The zero-order chi connectivity index (χ0) is 14.6. The van der Waals surface area contributed by atoms with Gasteiger partial charge in [0.25, 0.3) is 0 Å². The smallest absolute Gasteiger partial charge is 0.305 e. The summed E-state index contributed by atoms with van der Waals surface area (Å²) in [5.41, 5.74) is 5.69. The number of hydrogen-bond donors (Lipinski definition) is 2. The first kappa shape index (κ1) is 15.9. The van der Waals surface area contributed by atoms with Crippen LogP contribution in [0.3, 0.4) is 0 Å². The molecule has 1 rings (SSSR count). The first-order valence-electron chi connectivity index (χ1n) is 6.16. The molecule has 110 valence electrons. The third kappa shape index (κ3) is 6.02. The van der Waals surface area contributed by atoms with Crippen LogP contribution in [0, 0.1) is 0 Å². The molecule has 1 atom stereocenters. The van der Waals surface area contributed by atoms with Gasteiger partial charge < -0.3 is 15.7 Å². The predicted octanol–water partition coefficient (Wildman–Crippen LogP) is -0.786. The van der Waals surface area contributed by atoms with E-state index < -0.39 is 21.8 Å². The Morgan fingerprint density at radius 1 is 1.42 bits per heavy atom. The van der Waals surface area contributed by atoms with E-state index in [1.165, 1.54) is 4.90 Å². The molecule has 1 aliphatic rings. The van der Waals surface area contributed by atoms with Crippen LogP contribution in [0.5, 0.6) is 0 Å². The summed E-state index contributed by atoms with van der Waals surface area (Å²) in [5, 5.41) is 8.65. The Morgan fingerprint density at radius 2 is 2.00 bits per heavy atom. The van der Waals surface area contributed by atoms with Gasteiger partial charge in [0.05, 0.1) is 18.2 Å². The number of aliphatic carboxylic acids is 1. The van der Waals surface area contributed by atoms with E-state index in [0.29, 0.717) is 0 Å². The second-order valence-corrected chi connectivity index (χ2v) is 7.19. The van der Waals surface area contributed by atoms with Crippen LogP contribution in [0.1, 0.15) is 25.7 Å². The van der Waals surface area contributed by atoms with Gasteiger partial charge in [-0.2, -0.15) is 0 Å². The van der Waals surface area contributed by atoms with Crippen LogP contribution in [0.25, 0.3) is 0 Å². The molecule has 7 nitrogen and oxygen atoms in total. The number of carbonyl (C=O) groups is 2. The number of carboxylic acid groups (broad SMARTS) is 1. The highest BCUT2D eigenvalue weighted by Gasteiger charge is 2.34. The lowest BCUT2D eigenvalue weighted by molar-refractivity contribution is -0.139. The molecule has 0 heterocycles. The van der Waals surface area contributed by atoms with Gasteiger partial charge in [0.2, 0.25) is 5.91 Å². The molecule has 0 saturated heterocycles. The Labute approximate surface area is 112 Å². The highest BCUT2D eigenvalue weighted by molar-refractivity contribution is 7.90. The lowest BCUT2D eigenvalue weighted by Crippen LogP contribution is -2.46. The third-order valence-corrected chi connectivity index (χ3v) is 3.93. The molecule has 3 N–H and O–H groups in total. The van der Waals surface area contributed by atoms with Gasteiger partial charge in [0.15, 0.2) is 0 Å². The fourth-order valence-electron chi connectivity index (χ4n) is 1.75. The Morgan fingerprint density at radius 3 is 2.42 bits per heavy atom. The zero-order valence-electron chi connectivity index (χ0n) is 10.9. The number of nitrogens with zero attached hydrogens (tertiary/aromatic N) is 1. The fraction of sp³-hybridized carbons (Fsp3) is 0.818. The topological polar surface area (TPSA) is 118 Å². The molecule has 1 saturated carbocycles. The molecule has 0 radical (unpaired) electrons. The van der Waals surface area contributed by atoms with Crippen molar-refractivity contribution in [3.05, 3.63) is 0 Å². The molecule has 1 amide bonds. The lowest BCUT2D eigenvalue weighted by Gasteiger charge is -2.25. The third-order valence-electron chi connectivity index (χ3n) is 2.95. The summed E-state index contributed by atoms with van der Waals surface area (Å²) in [6.45, 7) is 0.130. The van der Waals surface area contributed by atoms with E-state index in [1.807, 2.05) is 0 Å². The summed E-state index contributed by atoms with van der Waals surface area (Å²) in [4.78, 5) is 24.1. The van der Waals surface area contributed by atoms with Gasteiger partial charge in [-0.3, -0.25) is 9.59 Å². The van der Waals surface area contributed by atoms with Gasteiger partial charge in [0.1, 0.15) is 9.84 Å². The molecule has 1 aliphatic carbocycles. The summed E-state index contributed by atoms with van der Waals surface area (Å²) in [6, 6.07) is -0.819. The maximum Gasteiger partial charge on any atom is 0.305 e. The van der Waals surface area contributed by atoms with E-state index in [2.05, 4.69) is 0 Å². The van der Waals surface area contributed by atoms with Crippen molar-refractivity contribution in [1.82, 2.24) is 4.90 Å². The van der Waals surface area contributed by atoms with Crippen LogP contribution in [0.15, 0.2) is 0 Å². The maximum absolute atomic E-state index is 12.1. The Hall–Kier alpha value is -1.15. The lowest BCUT2D eigenvalue weighted by atomic mass is 10.2. The van der Waals surface area contributed by atoms with Crippen molar-refractivity contribution < 1.29 is 23.1 Å². The number of carboxylic acids is 1. The summed E-state index contributed by atoms with van der Waals surface area (Å²) < 4.78 is 22.1. The molecule has 0 aromatic heterocycles. The minimum absolute atomic E-state index is 0.0635. The Balaban J connectivity index is 2.53. The van der Waals surface area contributed by atoms with E-state index in [4.69, 9.17) is 10.8 Å². The summed E-state index contributed by atoms with van der Waals surface area (Å²) in [5.74, 6) is -1.47. The summed E-state index contributed by atoms with van der Waals surface area (Å²) in [7, 11) is -3.15. The van der Waals surface area contributed by atoms with Crippen molar-refractivity contribution in [2.45, 2.75) is 37.8 Å². The average Bonchev–Trinajstić information content (AvgIpc) is 3.08. The van der Waals surface area contributed by atoms with E-state index in [1.54, 1.807) is 0 Å². The van der Waals surface area contributed by atoms with E-state index in [0.717, 1.165) is 19.1 Å². The minimum atomic E-state index is -3.15. The number of amides is 1. The molecule has 0 spiro atoms. The normalized spacial score (nSPS) is 16.9. The quantitative estimate of drug-likeness (QED) is 0.605.